The molecule has 0 spiro atoms. The topological polar surface area (TPSA) is 54.4 Å². The zero-order valence-corrected chi connectivity index (χ0v) is 12.8. The summed E-state index contributed by atoms with van der Waals surface area (Å²) in [5, 5.41) is 9.69. The highest BCUT2D eigenvalue weighted by Gasteiger charge is 2.07. The Morgan fingerprint density at radius 3 is 1.94 bits per heavy atom. The second kappa shape index (κ2) is 10.8. The van der Waals surface area contributed by atoms with E-state index in [1.807, 2.05) is 0 Å². The van der Waals surface area contributed by atoms with Gasteiger partial charge >= 0.3 is 0 Å². The molecule has 0 saturated heterocycles. The lowest BCUT2D eigenvalue weighted by molar-refractivity contribution is 0.150. The molecule has 18 heavy (non-hydrogen) atoms. The van der Waals surface area contributed by atoms with Crippen LogP contribution in [0.5, 0.6) is 0 Å². The van der Waals surface area contributed by atoms with E-state index >= 15 is 0 Å². The third-order valence-corrected chi connectivity index (χ3v) is 4.22. The molecule has 3 nitrogen and oxygen atoms in total. The third-order valence-electron chi connectivity index (χ3n) is 3.19. The second-order valence-electron chi connectivity index (χ2n) is 5.34. The molecular formula is C14H30O3S. The van der Waals surface area contributed by atoms with Crippen molar-refractivity contribution in [2.75, 3.05) is 12.0 Å². The molecule has 0 aliphatic carbocycles. The molecule has 1 atom stereocenters. The van der Waals surface area contributed by atoms with Gasteiger partial charge in [0.15, 0.2) is 0 Å². The van der Waals surface area contributed by atoms with Crippen molar-refractivity contribution in [3.8, 4) is 0 Å². The highest BCUT2D eigenvalue weighted by molar-refractivity contribution is 7.90. The zero-order valence-electron chi connectivity index (χ0n) is 12.0. The summed E-state index contributed by atoms with van der Waals surface area (Å²) >= 11 is 0. The van der Waals surface area contributed by atoms with Crippen molar-refractivity contribution in [1.82, 2.24) is 0 Å². The molecule has 0 aliphatic heterocycles. The van der Waals surface area contributed by atoms with Crippen LogP contribution in [0.4, 0.5) is 0 Å². The lowest BCUT2D eigenvalue weighted by Crippen LogP contribution is -2.10. The fraction of sp³-hybridized carbons (Fsp3) is 1.00. The van der Waals surface area contributed by atoms with Gasteiger partial charge in [-0.05, 0) is 19.3 Å². The number of aliphatic hydroxyl groups is 1. The lowest BCUT2D eigenvalue weighted by Gasteiger charge is -2.09. The summed E-state index contributed by atoms with van der Waals surface area (Å²) in [5.74, 6) is 0.196. The maximum absolute atomic E-state index is 10.9. The highest BCUT2D eigenvalue weighted by Crippen LogP contribution is 2.12. The number of hydrogen-bond donors (Lipinski definition) is 1. The van der Waals surface area contributed by atoms with E-state index in [-0.39, 0.29) is 11.9 Å². The van der Waals surface area contributed by atoms with E-state index in [9.17, 15) is 13.5 Å². The van der Waals surface area contributed by atoms with E-state index in [1.54, 1.807) is 0 Å². The average Bonchev–Trinajstić information content (AvgIpc) is 2.26. The fourth-order valence-corrected chi connectivity index (χ4v) is 2.75. The molecule has 0 radical (unpaired) electrons. The van der Waals surface area contributed by atoms with Crippen molar-refractivity contribution in [2.45, 2.75) is 77.2 Å². The van der Waals surface area contributed by atoms with Gasteiger partial charge in [-0.2, -0.15) is 0 Å². The lowest BCUT2D eigenvalue weighted by atomic mass is 10.0. The number of hydrogen-bond acceptors (Lipinski definition) is 3. The minimum Gasteiger partial charge on any atom is -0.393 e. The van der Waals surface area contributed by atoms with Crippen LogP contribution in [0.25, 0.3) is 0 Å². The standard InChI is InChI=1S/C14H30O3S/c1-3-4-5-6-7-8-9-11-14(15)12-10-13-18(2,16)17/h14-15H,3-13H2,1-2H3. The molecular weight excluding hydrogens is 248 g/mol. The predicted molar refractivity (Wildman–Crippen MR) is 77.6 cm³/mol. The van der Waals surface area contributed by atoms with E-state index < -0.39 is 9.84 Å². The molecule has 0 aromatic heterocycles. The fourth-order valence-electron chi connectivity index (χ4n) is 2.06. The van der Waals surface area contributed by atoms with E-state index in [0.717, 1.165) is 12.8 Å². The Hall–Kier alpha value is -0.0900. The highest BCUT2D eigenvalue weighted by atomic mass is 32.2. The van der Waals surface area contributed by atoms with Crippen LogP contribution in [0.15, 0.2) is 0 Å². The Bertz CT molecular complexity index is 273. The number of rotatable bonds is 12. The van der Waals surface area contributed by atoms with Crippen LogP contribution < -0.4 is 0 Å². The van der Waals surface area contributed by atoms with E-state index in [2.05, 4.69) is 6.92 Å². The zero-order chi connectivity index (χ0) is 13.9. The first-order chi connectivity index (χ1) is 8.45. The minimum absolute atomic E-state index is 0.196. The predicted octanol–water partition coefficient (Wildman–Crippen LogP) is 3.31. The van der Waals surface area contributed by atoms with Crippen molar-refractivity contribution < 1.29 is 13.5 Å². The molecule has 0 saturated carbocycles. The summed E-state index contributed by atoms with van der Waals surface area (Å²) in [6, 6.07) is 0. The van der Waals surface area contributed by atoms with Gasteiger partial charge in [-0.25, -0.2) is 8.42 Å². The van der Waals surface area contributed by atoms with Gasteiger partial charge in [0.05, 0.1) is 6.10 Å². The van der Waals surface area contributed by atoms with Gasteiger partial charge in [0.1, 0.15) is 9.84 Å². The van der Waals surface area contributed by atoms with Gasteiger partial charge in [-0.3, -0.25) is 0 Å². The first-order valence-electron chi connectivity index (χ1n) is 7.31. The Morgan fingerprint density at radius 1 is 0.889 bits per heavy atom. The molecule has 110 valence electrons. The molecule has 1 N–H and O–H groups in total. The number of aliphatic hydroxyl groups excluding tert-OH is 1. The van der Waals surface area contributed by atoms with Gasteiger partial charge in [0, 0.05) is 12.0 Å². The molecule has 0 amide bonds. The van der Waals surface area contributed by atoms with Gasteiger partial charge in [0.2, 0.25) is 0 Å². The summed E-state index contributed by atoms with van der Waals surface area (Å²) in [5.41, 5.74) is 0. The van der Waals surface area contributed by atoms with Gasteiger partial charge < -0.3 is 5.11 Å². The van der Waals surface area contributed by atoms with Gasteiger partial charge in [-0.1, -0.05) is 51.9 Å². The van der Waals surface area contributed by atoms with E-state index in [0.29, 0.717) is 12.8 Å². The minimum atomic E-state index is -2.87. The molecule has 0 aromatic rings. The Morgan fingerprint density at radius 2 is 1.39 bits per heavy atom. The normalized spacial score (nSPS) is 13.7. The van der Waals surface area contributed by atoms with Crippen LogP contribution in [-0.4, -0.2) is 31.6 Å². The van der Waals surface area contributed by atoms with Crippen molar-refractivity contribution in [3.05, 3.63) is 0 Å². The molecule has 0 aliphatic rings. The largest absolute Gasteiger partial charge is 0.393 e. The Kier molecular flexibility index (Phi) is 10.7. The smallest absolute Gasteiger partial charge is 0.147 e. The van der Waals surface area contributed by atoms with E-state index in [1.165, 1.54) is 44.8 Å². The quantitative estimate of drug-likeness (QED) is 0.557. The second-order valence-corrected chi connectivity index (χ2v) is 7.60. The van der Waals surface area contributed by atoms with Gasteiger partial charge in [0.25, 0.3) is 0 Å². The molecule has 0 bridgehead atoms. The first kappa shape index (κ1) is 17.9. The summed E-state index contributed by atoms with van der Waals surface area (Å²) in [6.45, 7) is 2.22. The monoisotopic (exact) mass is 278 g/mol. The number of unbranched alkanes of at least 4 members (excludes halogenated alkanes) is 6. The Labute approximate surface area is 113 Å². The van der Waals surface area contributed by atoms with Crippen molar-refractivity contribution >= 4 is 9.84 Å². The average molecular weight is 278 g/mol. The van der Waals surface area contributed by atoms with Crippen LogP contribution in [0.1, 0.15) is 71.1 Å². The van der Waals surface area contributed by atoms with Crippen molar-refractivity contribution in [1.29, 1.82) is 0 Å². The molecule has 4 heteroatoms. The van der Waals surface area contributed by atoms with Crippen LogP contribution in [-0.2, 0) is 9.84 Å². The van der Waals surface area contributed by atoms with Crippen LogP contribution in [0.3, 0.4) is 0 Å². The first-order valence-corrected chi connectivity index (χ1v) is 9.37. The van der Waals surface area contributed by atoms with Gasteiger partial charge in [-0.15, -0.1) is 0 Å². The SMILES string of the molecule is CCCCCCCCCC(O)CCCS(C)(=O)=O. The molecule has 1 unspecified atom stereocenters. The number of sulfone groups is 1. The molecule has 0 rings (SSSR count). The van der Waals surface area contributed by atoms with Crippen LogP contribution >= 0.6 is 0 Å². The van der Waals surface area contributed by atoms with Crippen molar-refractivity contribution in [2.24, 2.45) is 0 Å². The van der Waals surface area contributed by atoms with Crippen molar-refractivity contribution in [3.63, 3.8) is 0 Å². The van der Waals surface area contributed by atoms with Crippen LogP contribution in [0, 0.1) is 0 Å². The summed E-state index contributed by atoms with van der Waals surface area (Å²) in [4.78, 5) is 0. The molecule has 0 aromatic carbocycles. The molecule has 0 heterocycles. The maximum Gasteiger partial charge on any atom is 0.147 e. The Balaban J connectivity index is 3.29. The maximum atomic E-state index is 10.9. The summed E-state index contributed by atoms with van der Waals surface area (Å²) in [6.07, 6.45) is 11.7. The summed E-state index contributed by atoms with van der Waals surface area (Å²) in [7, 11) is -2.87. The van der Waals surface area contributed by atoms with Crippen LogP contribution in [0.2, 0.25) is 0 Å². The molecule has 0 fully saturated rings. The van der Waals surface area contributed by atoms with E-state index in [4.69, 9.17) is 0 Å². The third kappa shape index (κ3) is 14.0. The summed E-state index contributed by atoms with van der Waals surface area (Å²) < 4.78 is 21.8.